The van der Waals surface area contributed by atoms with Gasteiger partial charge in [-0.2, -0.15) is 0 Å². The molecule has 0 aromatic heterocycles. The Kier molecular flexibility index (Phi) is 5.41. The van der Waals surface area contributed by atoms with Crippen molar-refractivity contribution in [3.8, 4) is 0 Å². The Hall–Kier alpha value is -1.78. The second-order valence-corrected chi connectivity index (χ2v) is 7.89. The fourth-order valence-electron chi connectivity index (χ4n) is 2.60. The van der Waals surface area contributed by atoms with Crippen LogP contribution in [0, 0.1) is 16.7 Å². The molecule has 1 unspecified atom stereocenters. The van der Waals surface area contributed by atoms with Crippen LogP contribution < -0.4 is 0 Å². The molecule has 2 rings (SSSR count). The first-order chi connectivity index (χ1) is 11.2. The van der Waals surface area contributed by atoms with Crippen molar-refractivity contribution in [1.29, 1.82) is 0 Å². The molecule has 0 heterocycles. The highest BCUT2D eigenvalue weighted by Crippen LogP contribution is 2.37. The number of ether oxygens (including phenoxy) is 3. The maximum Gasteiger partial charge on any atom is 0.323 e. The van der Waals surface area contributed by atoms with Gasteiger partial charge in [0.15, 0.2) is 0 Å². The Morgan fingerprint density at radius 3 is 2.46 bits per heavy atom. The molecular formula is C19H28O5. The first-order valence-corrected chi connectivity index (χ1v) is 8.45. The fourth-order valence-corrected chi connectivity index (χ4v) is 2.60. The smallest absolute Gasteiger partial charge is 0.323 e. The van der Waals surface area contributed by atoms with Crippen molar-refractivity contribution >= 4 is 11.9 Å². The van der Waals surface area contributed by atoms with Crippen molar-refractivity contribution in [2.24, 2.45) is 16.7 Å². The maximum atomic E-state index is 12.4. The van der Waals surface area contributed by atoms with Gasteiger partial charge in [-0.1, -0.05) is 11.6 Å². The summed E-state index contributed by atoms with van der Waals surface area (Å²) in [5.74, 6) is 0.578. The molecule has 1 fully saturated rings. The van der Waals surface area contributed by atoms with Crippen LogP contribution >= 0.6 is 0 Å². The average molecular weight is 336 g/mol. The van der Waals surface area contributed by atoms with Gasteiger partial charge in [-0.25, -0.2) is 0 Å². The molecule has 0 aromatic rings. The lowest BCUT2D eigenvalue weighted by Crippen LogP contribution is -2.38. The predicted molar refractivity (Wildman–Crippen MR) is 90.0 cm³/mol. The number of carbonyl (C=O) groups excluding carboxylic acids is 2. The summed E-state index contributed by atoms with van der Waals surface area (Å²) in [6.45, 7) is 7.88. The van der Waals surface area contributed by atoms with Crippen molar-refractivity contribution < 1.29 is 23.8 Å². The standard InChI is InChI=1S/C19H28O5/c1-13-8-15(23-11-14-6-7-14)10-19(9-13,17(21)22-5)12-24-16(20)18(2,3)4/h9-10,14H,6-8,11-12H2,1-5H3. The van der Waals surface area contributed by atoms with E-state index in [1.54, 1.807) is 26.8 Å². The van der Waals surface area contributed by atoms with Gasteiger partial charge in [0.25, 0.3) is 0 Å². The summed E-state index contributed by atoms with van der Waals surface area (Å²) < 4.78 is 16.3. The number of hydrogen-bond acceptors (Lipinski definition) is 5. The first kappa shape index (κ1) is 18.6. The molecule has 1 atom stereocenters. The number of esters is 2. The summed E-state index contributed by atoms with van der Waals surface area (Å²) in [5, 5.41) is 0. The van der Waals surface area contributed by atoms with Gasteiger partial charge in [0.05, 0.1) is 24.9 Å². The fraction of sp³-hybridized carbons (Fsp3) is 0.684. The quantitative estimate of drug-likeness (QED) is 0.549. The molecule has 2 aliphatic carbocycles. The van der Waals surface area contributed by atoms with Crippen LogP contribution in [0.1, 0.15) is 47.0 Å². The third-order valence-electron chi connectivity index (χ3n) is 4.20. The Bertz CT molecular complexity index is 563. The van der Waals surface area contributed by atoms with E-state index >= 15 is 0 Å². The van der Waals surface area contributed by atoms with Gasteiger partial charge < -0.3 is 14.2 Å². The largest absolute Gasteiger partial charge is 0.498 e. The van der Waals surface area contributed by atoms with Gasteiger partial charge in [-0.3, -0.25) is 9.59 Å². The van der Waals surface area contributed by atoms with E-state index in [0.717, 1.165) is 11.3 Å². The van der Waals surface area contributed by atoms with Crippen LogP contribution in [0.5, 0.6) is 0 Å². The summed E-state index contributed by atoms with van der Waals surface area (Å²) in [6, 6.07) is 0. The number of allylic oxidation sites excluding steroid dienone is 1. The van der Waals surface area contributed by atoms with Crippen molar-refractivity contribution in [1.82, 2.24) is 0 Å². The molecule has 134 valence electrons. The molecule has 2 aliphatic rings. The van der Waals surface area contributed by atoms with Crippen LogP contribution in [-0.4, -0.2) is 32.3 Å². The van der Waals surface area contributed by atoms with Crippen molar-refractivity contribution in [2.45, 2.75) is 47.0 Å². The highest BCUT2D eigenvalue weighted by molar-refractivity contribution is 5.83. The Morgan fingerprint density at radius 2 is 1.92 bits per heavy atom. The van der Waals surface area contributed by atoms with E-state index in [1.165, 1.54) is 20.0 Å². The van der Waals surface area contributed by atoms with Crippen LogP contribution in [-0.2, 0) is 23.8 Å². The minimum atomic E-state index is -1.11. The second kappa shape index (κ2) is 6.99. The first-order valence-electron chi connectivity index (χ1n) is 8.45. The zero-order chi connectivity index (χ0) is 18.0. The molecule has 0 N–H and O–H groups in total. The van der Waals surface area contributed by atoms with Crippen LogP contribution in [0.15, 0.2) is 23.5 Å². The van der Waals surface area contributed by atoms with Crippen LogP contribution in [0.25, 0.3) is 0 Å². The zero-order valence-electron chi connectivity index (χ0n) is 15.3. The molecule has 0 amide bonds. The minimum absolute atomic E-state index is 0.0800. The van der Waals surface area contributed by atoms with Crippen molar-refractivity contribution in [3.63, 3.8) is 0 Å². The van der Waals surface area contributed by atoms with Gasteiger partial charge in [-0.05, 0) is 52.5 Å². The van der Waals surface area contributed by atoms with Crippen molar-refractivity contribution in [2.75, 3.05) is 20.3 Å². The lowest BCUT2D eigenvalue weighted by molar-refractivity contribution is -0.160. The van der Waals surface area contributed by atoms with E-state index in [2.05, 4.69) is 0 Å². The highest BCUT2D eigenvalue weighted by atomic mass is 16.5. The Balaban J connectivity index is 2.18. The molecule has 5 nitrogen and oxygen atoms in total. The highest BCUT2D eigenvalue weighted by Gasteiger charge is 2.41. The van der Waals surface area contributed by atoms with Crippen molar-refractivity contribution in [3.05, 3.63) is 23.5 Å². The van der Waals surface area contributed by atoms with E-state index in [4.69, 9.17) is 14.2 Å². The molecule has 5 heteroatoms. The SMILES string of the molecule is COC(=O)C1(COC(=O)C(C)(C)C)C=C(C)CC(OCC2CC2)=C1. The number of rotatable bonds is 6. The lowest BCUT2D eigenvalue weighted by atomic mass is 9.81. The van der Waals surface area contributed by atoms with Gasteiger partial charge in [0, 0.05) is 6.42 Å². The number of methoxy groups -OCH3 is 1. The van der Waals surface area contributed by atoms with Crippen LogP contribution in [0.2, 0.25) is 0 Å². The van der Waals surface area contributed by atoms with E-state index in [9.17, 15) is 9.59 Å². The molecule has 24 heavy (non-hydrogen) atoms. The molecular weight excluding hydrogens is 308 g/mol. The Labute approximate surface area is 144 Å². The van der Waals surface area contributed by atoms with E-state index in [1.807, 2.05) is 13.0 Å². The van der Waals surface area contributed by atoms with E-state index in [-0.39, 0.29) is 12.6 Å². The molecule has 0 spiro atoms. The monoisotopic (exact) mass is 336 g/mol. The molecule has 0 aromatic carbocycles. The molecule has 0 saturated heterocycles. The van der Waals surface area contributed by atoms with Crippen LogP contribution in [0.4, 0.5) is 0 Å². The third-order valence-corrected chi connectivity index (χ3v) is 4.20. The van der Waals surface area contributed by atoms with E-state index in [0.29, 0.717) is 18.9 Å². The summed E-state index contributed by atoms with van der Waals surface area (Å²) >= 11 is 0. The predicted octanol–water partition coefficient (Wildman–Crippen LogP) is 3.40. The zero-order valence-corrected chi connectivity index (χ0v) is 15.3. The number of carbonyl (C=O) groups is 2. The molecule has 0 bridgehead atoms. The van der Waals surface area contributed by atoms with Gasteiger partial charge in [-0.15, -0.1) is 0 Å². The van der Waals surface area contributed by atoms with Gasteiger partial charge in [0.1, 0.15) is 12.0 Å². The summed E-state index contributed by atoms with van der Waals surface area (Å²) in [7, 11) is 1.34. The summed E-state index contributed by atoms with van der Waals surface area (Å²) in [4.78, 5) is 24.5. The Morgan fingerprint density at radius 1 is 1.25 bits per heavy atom. The lowest BCUT2D eigenvalue weighted by Gasteiger charge is -2.30. The van der Waals surface area contributed by atoms with Gasteiger partial charge >= 0.3 is 11.9 Å². The summed E-state index contributed by atoms with van der Waals surface area (Å²) in [6.07, 6.45) is 6.64. The average Bonchev–Trinajstić information content (AvgIpc) is 3.32. The number of hydrogen-bond donors (Lipinski definition) is 0. The summed E-state index contributed by atoms with van der Waals surface area (Å²) in [5.41, 5.74) is -0.739. The minimum Gasteiger partial charge on any atom is -0.498 e. The molecule has 0 radical (unpaired) electrons. The second-order valence-electron chi connectivity index (χ2n) is 7.89. The molecule has 0 aliphatic heterocycles. The maximum absolute atomic E-state index is 12.4. The molecule has 1 saturated carbocycles. The van der Waals surface area contributed by atoms with Crippen LogP contribution in [0.3, 0.4) is 0 Å². The normalized spacial score (nSPS) is 23.9. The topological polar surface area (TPSA) is 61.8 Å². The van der Waals surface area contributed by atoms with E-state index < -0.39 is 16.8 Å². The third kappa shape index (κ3) is 4.62. The van der Waals surface area contributed by atoms with Gasteiger partial charge in [0.2, 0.25) is 0 Å².